The minimum atomic E-state index is 0.631. The SMILES string of the molecule is CCCN=C(N)SCc1ccc(C#N)cc1. The lowest BCUT2D eigenvalue weighted by Gasteiger charge is -2.01. The lowest BCUT2D eigenvalue weighted by Crippen LogP contribution is -2.07. The van der Waals surface area contributed by atoms with Gasteiger partial charge in [0, 0.05) is 12.3 Å². The Bertz CT molecular complexity index is 390. The van der Waals surface area contributed by atoms with Crippen LogP contribution in [0.1, 0.15) is 24.5 Å². The molecule has 0 fully saturated rings. The topological polar surface area (TPSA) is 62.2 Å². The van der Waals surface area contributed by atoms with E-state index >= 15 is 0 Å². The molecule has 0 unspecified atom stereocenters. The number of nitrogens with two attached hydrogens (primary N) is 1. The number of aliphatic imine (C=N–C) groups is 1. The van der Waals surface area contributed by atoms with Crippen LogP contribution in [0.25, 0.3) is 0 Å². The highest BCUT2D eigenvalue weighted by molar-refractivity contribution is 8.13. The van der Waals surface area contributed by atoms with Crippen LogP contribution in [0, 0.1) is 11.3 Å². The fourth-order valence-electron chi connectivity index (χ4n) is 1.10. The first-order chi connectivity index (χ1) is 7.76. The summed E-state index contributed by atoms with van der Waals surface area (Å²) in [4.78, 5) is 4.20. The highest BCUT2D eigenvalue weighted by Crippen LogP contribution is 2.12. The molecule has 0 bridgehead atoms. The van der Waals surface area contributed by atoms with Gasteiger partial charge in [0.15, 0.2) is 5.17 Å². The molecular weight excluding hydrogens is 218 g/mol. The van der Waals surface area contributed by atoms with Crippen molar-refractivity contribution in [3.8, 4) is 6.07 Å². The van der Waals surface area contributed by atoms with Gasteiger partial charge in [0.1, 0.15) is 0 Å². The lowest BCUT2D eigenvalue weighted by molar-refractivity contribution is 0.934. The van der Waals surface area contributed by atoms with Crippen molar-refractivity contribution in [1.82, 2.24) is 0 Å². The summed E-state index contributed by atoms with van der Waals surface area (Å²) in [5.41, 5.74) is 7.56. The van der Waals surface area contributed by atoms with Crippen LogP contribution in [0.2, 0.25) is 0 Å². The van der Waals surface area contributed by atoms with Crippen molar-refractivity contribution in [1.29, 1.82) is 5.26 Å². The second kappa shape index (κ2) is 6.91. The molecule has 0 aromatic heterocycles. The maximum absolute atomic E-state index is 8.65. The van der Waals surface area contributed by atoms with Crippen molar-refractivity contribution < 1.29 is 0 Å². The van der Waals surface area contributed by atoms with E-state index < -0.39 is 0 Å². The first-order valence-corrected chi connectivity index (χ1v) is 6.16. The van der Waals surface area contributed by atoms with Crippen LogP contribution in [0.5, 0.6) is 0 Å². The molecule has 0 atom stereocenters. The van der Waals surface area contributed by atoms with E-state index in [-0.39, 0.29) is 0 Å². The van der Waals surface area contributed by atoms with E-state index in [1.807, 2.05) is 24.3 Å². The summed E-state index contributed by atoms with van der Waals surface area (Å²) in [7, 11) is 0. The Hall–Kier alpha value is -1.47. The Balaban J connectivity index is 2.46. The molecule has 0 amide bonds. The van der Waals surface area contributed by atoms with Gasteiger partial charge < -0.3 is 5.73 Å². The summed E-state index contributed by atoms with van der Waals surface area (Å²) in [5.74, 6) is 0.796. The van der Waals surface area contributed by atoms with Gasteiger partial charge in [-0.2, -0.15) is 5.26 Å². The molecule has 16 heavy (non-hydrogen) atoms. The quantitative estimate of drug-likeness (QED) is 0.642. The molecule has 2 N–H and O–H groups in total. The zero-order chi connectivity index (χ0) is 11.8. The van der Waals surface area contributed by atoms with Gasteiger partial charge in [0.25, 0.3) is 0 Å². The molecule has 0 aliphatic rings. The van der Waals surface area contributed by atoms with Crippen LogP contribution in [0.4, 0.5) is 0 Å². The van der Waals surface area contributed by atoms with Gasteiger partial charge in [0.2, 0.25) is 0 Å². The van der Waals surface area contributed by atoms with Crippen LogP contribution < -0.4 is 5.73 Å². The third-order valence-corrected chi connectivity index (χ3v) is 2.86. The maximum Gasteiger partial charge on any atom is 0.154 e. The van der Waals surface area contributed by atoms with Crippen molar-refractivity contribution in [2.24, 2.45) is 10.7 Å². The van der Waals surface area contributed by atoms with E-state index in [4.69, 9.17) is 11.0 Å². The summed E-state index contributed by atoms with van der Waals surface area (Å²) in [6.07, 6.45) is 1.01. The number of hydrogen-bond donors (Lipinski definition) is 1. The summed E-state index contributed by atoms with van der Waals surface area (Å²) >= 11 is 1.53. The lowest BCUT2D eigenvalue weighted by atomic mass is 10.2. The predicted molar refractivity (Wildman–Crippen MR) is 69.2 cm³/mol. The number of hydrogen-bond acceptors (Lipinski definition) is 3. The maximum atomic E-state index is 8.65. The van der Waals surface area contributed by atoms with E-state index in [1.54, 1.807) is 0 Å². The summed E-state index contributed by atoms with van der Waals surface area (Å²) < 4.78 is 0. The smallest absolute Gasteiger partial charge is 0.154 e. The number of nitriles is 1. The van der Waals surface area contributed by atoms with Gasteiger partial charge in [-0.05, 0) is 24.1 Å². The highest BCUT2D eigenvalue weighted by Gasteiger charge is 1.97. The Morgan fingerprint density at radius 3 is 2.69 bits per heavy atom. The largest absolute Gasteiger partial charge is 0.379 e. The molecule has 3 nitrogen and oxygen atoms in total. The Labute approximate surface area is 100 Å². The molecule has 84 valence electrons. The minimum absolute atomic E-state index is 0.631. The summed E-state index contributed by atoms with van der Waals surface area (Å²) in [5, 5.41) is 9.28. The highest BCUT2D eigenvalue weighted by atomic mass is 32.2. The van der Waals surface area contributed by atoms with Gasteiger partial charge in [-0.15, -0.1) is 0 Å². The molecule has 0 saturated heterocycles. The van der Waals surface area contributed by atoms with Gasteiger partial charge in [-0.3, -0.25) is 4.99 Å². The first kappa shape index (κ1) is 12.6. The normalized spacial score (nSPS) is 11.1. The molecular formula is C12H15N3S. The van der Waals surface area contributed by atoms with Crippen LogP contribution in [0.15, 0.2) is 29.3 Å². The Kier molecular flexibility index (Phi) is 5.44. The molecule has 0 aliphatic carbocycles. The predicted octanol–water partition coefficient (Wildman–Crippen LogP) is 2.52. The fraction of sp³-hybridized carbons (Fsp3) is 0.333. The number of thioether (sulfide) groups is 1. The average Bonchev–Trinajstić information content (AvgIpc) is 2.34. The zero-order valence-electron chi connectivity index (χ0n) is 9.31. The standard InChI is InChI=1S/C12H15N3S/c1-2-7-15-12(14)16-9-11-5-3-10(8-13)4-6-11/h3-6H,2,7,9H2,1H3,(H2,14,15). The third kappa shape index (κ3) is 4.37. The van der Waals surface area contributed by atoms with Gasteiger partial charge in [0.05, 0.1) is 11.6 Å². The molecule has 4 heteroatoms. The van der Waals surface area contributed by atoms with Crippen LogP contribution >= 0.6 is 11.8 Å². The van der Waals surface area contributed by atoms with E-state index in [1.165, 1.54) is 11.8 Å². The Morgan fingerprint density at radius 2 is 2.12 bits per heavy atom. The van der Waals surface area contributed by atoms with Crippen molar-refractivity contribution in [2.45, 2.75) is 19.1 Å². The van der Waals surface area contributed by atoms with Crippen LogP contribution in [-0.4, -0.2) is 11.7 Å². The van der Waals surface area contributed by atoms with Crippen LogP contribution in [0.3, 0.4) is 0 Å². The van der Waals surface area contributed by atoms with E-state index in [0.29, 0.717) is 10.7 Å². The Morgan fingerprint density at radius 1 is 1.44 bits per heavy atom. The molecule has 1 rings (SSSR count). The molecule has 1 aromatic rings. The summed E-state index contributed by atoms with van der Waals surface area (Å²) in [6, 6.07) is 9.61. The molecule has 0 radical (unpaired) electrons. The molecule has 0 aliphatic heterocycles. The monoisotopic (exact) mass is 233 g/mol. The van der Waals surface area contributed by atoms with Gasteiger partial charge >= 0.3 is 0 Å². The van der Waals surface area contributed by atoms with Gasteiger partial charge in [-0.25, -0.2) is 0 Å². The minimum Gasteiger partial charge on any atom is -0.379 e. The van der Waals surface area contributed by atoms with E-state index in [9.17, 15) is 0 Å². The van der Waals surface area contributed by atoms with Crippen molar-refractivity contribution in [3.05, 3.63) is 35.4 Å². The van der Waals surface area contributed by atoms with Crippen molar-refractivity contribution in [3.63, 3.8) is 0 Å². The molecule has 0 heterocycles. The second-order valence-electron chi connectivity index (χ2n) is 3.32. The molecule has 0 saturated carbocycles. The number of nitrogens with zero attached hydrogens (tertiary/aromatic N) is 2. The molecule has 0 spiro atoms. The number of rotatable bonds is 4. The van der Waals surface area contributed by atoms with Crippen molar-refractivity contribution >= 4 is 16.9 Å². The zero-order valence-corrected chi connectivity index (χ0v) is 10.1. The average molecular weight is 233 g/mol. The number of amidine groups is 1. The van der Waals surface area contributed by atoms with E-state index in [2.05, 4.69) is 18.0 Å². The second-order valence-corrected chi connectivity index (χ2v) is 4.31. The van der Waals surface area contributed by atoms with Crippen LogP contribution in [-0.2, 0) is 5.75 Å². The van der Waals surface area contributed by atoms with Gasteiger partial charge in [-0.1, -0.05) is 30.8 Å². The first-order valence-electron chi connectivity index (χ1n) is 5.18. The molecule has 1 aromatic carbocycles. The summed E-state index contributed by atoms with van der Waals surface area (Å²) in [6.45, 7) is 2.86. The van der Waals surface area contributed by atoms with Crippen molar-refractivity contribution in [2.75, 3.05) is 6.54 Å². The van der Waals surface area contributed by atoms with E-state index in [0.717, 1.165) is 24.3 Å². The fourth-order valence-corrected chi connectivity index (χ4v) is 1.79. The third-order valence-electron chi connectivity index (χ3n) is 1.96. The number of benzene rings is 1.